The molecule has 0 amide bonds. The van der Waals surface area contributed by atoms with E-state index in [9.17, 15) is 18.7 Å². The highest BCUT2D eigenvalue weighted by Crippen LogP contribution is 2.23. The number of aromatic hydroxyl groups is 1. The molecule has 0 spiro atoms. The molecule has 3 nitrogen and oxygen atoms in total. The molecule has 2 aromatic rings. The van der Waals surface area contributed by atoms with E-state index in [1.54, 1.807) is 0 Å². The molecule has 0 saturated carbocycles. The molecule has 1 aromatic heterocycles. The molecule has 0 aliphatic heterocycles. The number of nitrogens with one attached hydrogen (secondary N) is 1. The van der Waals surface area contributed by atoms with Gasteiger partial charge in [-0.1, -0.05) is 17.4 Å². The number of hydrogen-bond acceptors (Lipinski definition) is 3. The third-order valence-corrected chi connectivity index (χ3v) is 2.97. The number of benzene rings is 1. The van der Waals surface area contributed by atoms with Crippen molar-refractivity contribution in [1.29, 1.82) is 0 Å². The molecule has 2 rings (SSSR count). The second-order valence-corrected chi connectivity index (χ2v) is 4.23. The molecule has 1 aromatic carbocycles. The van der Waals surface area contributed by atoms with Crippen LogP contribution in [0.2, 0.25) is 0 Å². The fourth-order valence-electron chi connectivity index (χ4n) is 1.33. The Bertz CT molecular complexity index is 556. The van der Waals surface area contributed by atoms with Crippen LogP contribution >= 0.6 is 11.3 Å². The summed E-state index contributed by atoms with van der Waals surface area (Å²) >= 11 is 0.732. The number of hydrogen-bond donors (Lipinski definition) is 2. The SMILES string of the molecule is O=c1[nH]c(O)c(Cc2c(F)cccc2F)s1. The second-order valence-electron chi connectivity index (χ2n) is 3.16. The van der Waals surface area contributed by atoms with Gasteiger partial charge in [0.1, 0.15) is 11.6 Å². The average molecular weight is 243 g/mol. The van der Waals surface area contributed by atoms with Crippen molar-refractivity contribution in [1.82, 2.24) is 4.98 Å². The number of aromatic nitrogens is 1. The zero-order valence-corrected chi connectivity index (χ0v) is 8.78. The van der Waals surface area contributed by atoms with Gasteiger partial charge in [0.2, 0.25) is 5.88 Å². The first-order chi connectivity index (χ1) is 7.58. The van der Waals surface area contributed by atoms with E-state index in [-0.39, 0.29) is 22.7 Å². The van der Waals surface area contributed by atoms with Crippen LogP contribution in [0, 0.1) is 11.6 Å². The Balaban J connectivity index is 2.41. The maximum Gasteiger partial charge on any atom is 0.307 e. The Kier molecular flexibility index (Phi) is 2.74. The molecular formula is C10H7F2NO2S. The first-order valence-electron chi connectivity index (χ1n) is 4.42. The van der Waals surface area contributed by atoms with E-state index in [0.29, 0.717) is 0 Å². The lowest BCUT2D eigenvalue weighted by Crippen LogP contribution is -1.95. The van der Waals surface area contributed by atoms with Gasteiger partial charge in [-0.2, -0.15) is 0 Å². The zero-order valence-electron chi connectivity index (χ0n) is 7.96. The minimum Gasteiger partial charge on any atom is -0.494 e. The van der Waals surface area contributed by atoms with E-state index in [4.69, 9.17) is 0 Å². The molecule has 2 N–H and O–H groups in total. The number of thiazole rings is 1. The fraction of sp³-hybridized carbons (Fsp3) is 0.100. The summed E-state index contributed by atoms with van der Waals surface area (Å²) in [5.41, 5.74) is -0.159. The van der Waals surface area contributed by atoms with Crippen LogP contribution in [-0.4, -0.2) is 10.1 Å². The van der Waals surface area contributed by atoms with Crippen molar-refractivity contribution in [3.05, 3.63) is 49.9 Å². The Morgan fingerprint density at radius 1 is 1.31 bits per heavy atom. The number of rotatable bonds is 2. The van der Waals surface area contributed by atoms with Gasteiger partial charge in [-0.15, -0.1) is 0 Å². The van der Waals surface area contributed by atoms with Crippen molar-refractivity contribution < 1.29 is 13.9 Å². The topological polar surface area (TPSA) is 53.1 Å². The largest absolute Gasteiger partial charge is 0.494 e. The molecule has 0 unspecified atom stereocenters. The molecule has 1 heterocycles. The van der Waals surface area contributed by atoms with E-state index < -0.39 is 16.5 Å². The van der Waals surface area contributed by atoms with Crippen molar-refractivity contribution >= 4 is 11.3 Å². The van der Waals surface area contributed by atoms with Gasteiger partial charge in [-0.25, -0.2) is 8.78 Å². The molecule has 0 atom stereocenters. The van der Waals surface area contributed by atoms with Gasteiger partial charge in [0.15, 0.2) is 0 Å². The quantitative estimate of drug-likeness (QED) is 0.847. The van der Waals surface area contributed by atoms with Crippen molar-refractivity contribution in [2.75, 3.05) is 0 Å². The van der Waals surface area contributed by atoms with E-state index in [2.05, 4.69) is 4.98 Å². The summed E-state index contributed by atoms with van der Waals surface area (Å²) in [6.45, 7) is 0. The second kappa shape index (κ2) is 4.05. The monoisotopic (exact) mass is 243 g/mol. The molecule has 0 saturated heterocycles. The summed E-state index contributed by atoms with van der Waals surface area (Å²) < 4.78 is 26.5. The minimum atomic E-state index is -0.694. The van der Waals surface area contributed by atoms with E-state index in [0.717, 1.165) is 23.5 Å². The van der Waals surface area contributed by atoms with Crippen LogP contribution in [0.25, 0.3) is 0 Å². The van der Waals surface area contributed by atoms with Crippen LogP contribution in [0.3, 0.4) is 0 Å². The molecule has 84 valence electrons. The predicted octanol–water partition coefficient (Wildman–Crippen LogP) is 2.01. The summed E-state index contributed by atoms with van der Waals surface area (Å²) in [7, 11) is 0. The zero-order chi connectivity index (χ0) is 11.7. The Morgan fingerprint density at radius 2 is 1.94 bits per heavy atom. The lowest BCUT2D eigenvalue weighted by molar-refractivity contribution is 0.450. The molecular weight excluding hydrogens is 236 g/mol. The number of aromatic amines is 1. The number of H-pyrrole nitrogens is 1. The summed E-state index contributed by atoms with van der Waals surface area (Å²) in [4.78, 5) is 12.8. The molecule has 0 aliphatic rings. The smallest absolute Gasteiger partial charge is 0.307 e. The molecule has 0 radical (unpaired) electrons. The lowest BCUT2D eigenvalue weighted by atomic mass is 10.1. The van der Waals surface area contributed by atoms with Gasteiger partial charge in [-0.3, -0.25) is 9.78 Å². The van der Waals surface area contributed by atoms with Crippen molar-refractivity contribution in [3.8, 4) is 5.88 Å². The van der Waals surface area contributed by atoms with E-state index in [1.807, 2.05) is 0 Å². The third kappa shape index (κ3) is 1.96. The predicted molar refractivity (Wildman–Crippen MR) is 55.8 cm³/mol. The molecule has 6 heteroatoms. The van der Waals surface area contributed by atoms with Crippen LogP contribution in [0.5, 0.6) is 5.88 Å². The van der Waals surface area contributed by atoms with Gasteiger partial charge in [0.25, 0.3) is 0 Å². The highest BCUT2D eigenvalue weighted by atomic mass is 32.1. The van der Waals surface area contributed by atoms with Crippen molar-refractivity contribution in [3.63, 3.8) is 0 Å². The molecule has 0 bridgehead atoms. The van der Waals surface area contributed by atoms with Crippen LogP contribution in [0.4, 0.5) is 8.78 Å². The van der Waals surface area contributed by atoms with Crippen molar-refractivity contribution in [2.24, 2.45) is 0 Å². The normalized spacial score (nSPS) is 10.6. The summed E-state index contributed by atoms with van der Waals surface area (Å²) in [6.07, 6.45) is -0.145. The van der Waals surface area contributed by atoms with Crippen LogP contribution < -0.4 is 4.87 Å². The first kappa shape index (κ1) is 10.8. The number of halogens is 2. The highest BCUT2D eigenvalue weighted by Gasteiger charge is 2.13. The Morgan fingerprint density at radius 3 is 2.44 bits per heavy atom. The van der Waals surface area contributed by atoms with Gasteiger partial charge in [0, 0.05) is 12.0 Å². The lowest BCUT2D eigenvalue weighted by Gasteiger charge is -2.02. The highest BCUT2D eigenvalue weighted by molar-refractivity contribution is 7.09. The molecule has 16 heavy (non-hydrogen) atoms. The maximum atomic E-state index is 13.3. The Hall–Kier alpha value is -1.69. The summed E-state index contributed by atoms with van der Waals surface area (Å²) in [6, 6.07) is 3.52. The van der Waals surface area contributed by atoms with Crippen LogP contribution in [-0.2, 0) is 6.42 Å². The first-order valence-corrected chi connectivity index (χ1v) is 5.23. The van der Waals surface area contributed by atoms with E-state index >= 15 is 0 Å². The van der Waals surface area contributed by atoms with Gasteiger partial charge >= 0.3 is 4.87 Å². The summed E-state index contributed by atoms with van der Waals surface area (Å²) in [5, 5.41) is 9.28. The van der Waals surface area contributed by atoms with Crippen molar-refractivity contribution in [2.45, 2.75) is 6.42 Å². The third-order valence-electron chi connectivity index (χ3n) is 2.10. The molecule has 0 aliphatic carbocycles. The molecule has 0 fully saturated rings. The van der Waals surface area contributed by atoms with E-state index in [1.165, 1.54) is 6.07 Å². The summed E-state index contributed by atoms with van der Waals surface area (Å²) in [5.74, 6) is -1.72. The van der Waals surface area contributed by atoms with Gasteiger partial charge < -0.3 is 5.11 Å². The fourth-order valence-corrected chi connectivity index (χ4v) is 2.07. The van der Waals surface area contributed by atoms with Gasteiger partial charge in [-0.05, 0) is 12.1 Å². The van der Waals surface area contributed by atoms with Crippen LogP contribution in [0.15, 0.2) is 23.0 Å². The average Bonchev–Trinajstić information content (AvgIpc) is 2.51. The van der Waals surface area contributed by atoms with Crippen LogP contribution in [0.1, 0.15) is 10.4 Å². The van der Waals surface area contributed by atoms with Gasteiger partial charge in [0.05, 0.1) is 4.88 Å². The standard InChI is InChI=1S/C10H7F2NO2S/c11-6-2-1-3-7(12)5(6)4-8-9(14)13-10(15)16-8/h1-3,14H,4H2,(H,13,15). The minimum absolute atomic E-state index is 0.145. The maximum absolute atomic E-state index is 13.3. The Labute approximate surface area is 93.0 Å².